The van der Waals surface area contributed by atoms with Gasteiger partial charge in [-0.3, -0.25) is 4.90 Å². The number of hydrogen-bond acceptors (Lipinski definition) is 2. The lowest BCUT2D eigenvalue weighted by Crippen LogP contribution is -2.42. The van der Waals surface area contributed by atoms with E-state index in [4.69, 9.17) is 5.11 Å². The predicted molar refractivity (Wildman–Crippen MR) is 62.8 cm³/mol. The van der Waals surface area contributed by atoms with Gasteiger partial charge < -0.3 is 5.11 Å². The summed E-state index contributed by atoms with van der Waals surface area (Å²) in [5, 5.41) is 8.98. The van der Waals surface area contributed by atoms with Crippen LogP contribution in [0, 0.1) is 5.92 Å². The lowest BCUT2D eigenvalue weighted by atomic mass is 9.92. The van der Waals surface area contributed by atoms with Crippen LogP contribution < -0.4 is 0 Å². The Kier molecular flexibility index (Phi) is 4.21. The molecule has 1 fully saturated rings. The maximum Gasteiger partial charge on any atom is 0.0434 e. The van der Waals surface area contributed by atoms with Gasteiger partial charge in [0.2, 0.25) is 0 Å². The van der Waals surface area contributed by atoms with Crippen LogP contribution in [-0.4, -0.2) is 35.7 Å². The van der Waals surface area contributed by atoms with Crippen LogP contribution in [-0.2, 0) is 0 Å². The van der Waals surface area contributed by atoms with Gasteiger partial charge in [-0.05, 0) is 51.0 Å². The van der Waals surface area contributed by atoms with Crippen molar-refractivity contribution in [3.8, 4) is 0 Å². The number of nitrogens with zero attached hydrogens (tertiary/aromatic N) is 1. The van der Waals surface area contributed by atoms with Gasteiger partial charge in [-0.15, -0.1) is 0 Å². The number of aliphatic hydroxyl groups is 1. The fourth-order valence-corrected chi connectivity index (χ4v) is 2.92. The molecule has 2 rings (SSSR count). The Balaban J connectivity index is 1.85. The normalized spacial score (nSPS) is 33.1. The van der Waals surface area contributed by atoms with Gasteiger partial charge in [0.1, 0.15) is 0 Å². The molecule has 0 bridgehead atoms. The molecule has 0 aromatic rings. The van der Waals surface area contributed by atoms with Crippen LogP contribution in [0.1, 0.15) is 38.5 Å². The number of rotatable bonds is 3. The van der Waals surface area contributed by atoms with E-state index in [2.05, 4.69) is 17.1 Å². The van der Waals surface area contributed by atoms with Crippen molar-refractivity contribution in [2.45, 2.75) is 44.6 Å². The van der Waals surface area contributed by atoms with Gasteiger partial charge in [0.05, 0.1) is 0 Å². The Morgan fingerprint density at radius 1 is 1.27 bits per heavy atom. The molecule has 0 spiro atoms. The van der Waals surface area contributed by atoms with Crippen molar-refractivity contribution < 1.29 is 5.11 Å². The van der Waals surface area contributed by atoms with Crippen LogP contribution in [0.15, 0.2) is 12.2 Å². The molecule has 0 amide bonds. The largest absolute Gasteiger partial charge is 0.396 e. The second-order valence-corrected chi connectivity index (χ2v) is 4.94. The SMILES string of the molecule is OCCC1CCCN(C2C=CCCC2)C1. The Labute approximate surface area is 93.0 Å². The molecule has 1 aliphatic carbocycles. The van der Waals surface area contributed by atoms with Crippen molar-refractivity contribution in [1.29, 1.82) is 0 Å². The van der Waals surface area contributed by atoms with Crippen molar-refractivity contribution in [2.75, 3.05) is 19.7 Å². The molecule has 1 N–H and O–H groups in total. The van der Waals surface area contributed by atoms with Crippen LogP contribution in [0.2, 0.25) is 0 Å². The highest BCUT2D eigenvalue weighted by molar-refractivity contribution is 4.99. The van der Waals surface area contributed by atoms with E-state index < -0.39 is 0 Å². The molecule has 2 atom stereocenters. The Bertz CT molecular complexity index is 213. The summed E-state index contributed by atoms with van der Waals surface area (Å²) in [7, 11) is 0. The van der Waals surface area contributed by atoms with E-state index in [1.54, 1.807) is 0 Å². The summed E-state index contributed by atoms with van der Waals surface area (Å²) < 4.78 is 0. The van der Waals surface area contributed by atoms with Gasteiger partial charge in [0.15, 0.2) is 0 Å². The lowest BCUT2D eigenvalue weighted by molar-refractivity contribution is 0.119. The van der Waals surface area contributed by atoms with E-state index in [1.807, 2.05) is 0 Å². The van der Waals surface area contributed by atoms with Gasteiger partial charge in [0, 0.05) is 19.2 Å². The average molecular weight is 209 g/mol. The first-order chi connectivity index (χ1) is 7.40. The van der Waals surface area contributed by atoms with Crippen LogP contribution in [0.25, 0.3) is 0 Å². The van der Waals surface area contributed by atoms with Gasteiger partial charge in [-0.1, -0.05) is 12.2 Å². The number of aliphatic hydroxyl groups excluding tert-OH is 1. The Hall–Kier alpha value is -0.340. The molecule has 1 saturated heterocycles. The van der Waals surface area contributed by atoms with E-state index in [1.165, 1.54) is 45.2 Å². The zero-order chi connectivity index (χ0) is 10.5. The standard InChI is InChI=1S/C13H23NO/c15-10-8-12-5-4-9-14(11-12)13-6-2-1-3-7-13/h2,6,12-13,15H,1,3-5,7-11H2. The second-order valence-electron chi connectivity index (χ2n) is 4.94. The predicted octanol–water partition coefficient (Wildman–Crippen LogP) is 2.19. The van der Waals surface area contributed by atoms with Crippen molar-refractivity contribution in [3.63, 3.8) is 0 Å². The van der Waals surface area contributed by atoms with Crippen molar-refractivity contribution in [1.82, 2.24) is 4.90 Å². The third-order valence-electron chi connectivity index (χ3n) is 3.79. The minimum absolute atomic E-state index is 0.360. The minimum Gasteiger partial charge on any atom is -0.396 e. The molecule has 0 aromatic heterocycles. The topological polar surface area (TPSA) is 23.5 Å². The summed E-state index contributed by atoms with van der Waals surface area (Å²) in [6.07, 6.45) is 12.3. The molecular formula is C13H23NO. The highest BCUT2D eigenvalue weighted by Crippen LogP contribution is 2.24. The Morgan fingerprint density at radius 3 is 2.93 bits per heavy atom. The highest BCUT2D eigenvalue weighted by atomic mass is 16.3. The van der Waals surface area contributed by atoms with Crippen LogP contribution >= 0.6 is 0 Å². The summed E-state index contributed by atoms with van der Waals surface area (Å²) in [5.74, 6) is 0.735. The van der Waals surface area contributed by atoms with Crippen molar-refractivity contribution in [2.24, 2.45) is 5.92 Å². The summed E-state index contributed by atoms with van der Waals surface area (Å²) in [6.45, 7) is 2.82. The molecule has 2 nitrogen and oxygen atoms in total. The first kappa shape index (κ1) is 11.2. The molecular weight excluding hydrogens is 186 g/mol. The van der Waals surface area contributed by atoms with Crippen LogP contribution in [0.3, 0.4) is 0 Å². The van der Waals surface area contributed by atoms with Crippen LogP contribution in [0.4, 0.5) is 0 Å². The lowest BCUT2D eigenvalue weighted by Gasteiger charge is -2.38. The van der Waals surface area contributed by atoms with E-state index in [-0.39, 0.29) is 0 Å². The average Bonchev–Trinajstić information content (AvgIpc) is 2.31. The summed E-state index contributed by atoms with van der Waals surface area (Å²) >= 11 is 0. The molecule has 2 aliphatic rings. The second kappa shape index (κ2) is 5.66. The molecule has 0 saturated carbocycles. The number of allylic oxidation sites excluding steroid dienone is 1. The monoisotopic (exact) mass is 209 g/mol. The molecule has 0 radical (unpaired) electrons. The zero-order valence-corrected chi connectivity index (χ0v) is 9.57. The van der Waals surface area contributed by atoms with Gasteiger partial charge >= 0.3 is 0 Å². The summed E-state index contributed by atoms with van der Waals surface area (Å²) in [4.78, 5) is 2.62. The molecule has 2 unspecified atom stereocenters. The fraction of sp³-hybridized carbons (Fsp3) is 0.846. The van der Waals surface area contributed by atoms with Gasteiger partial charge in [0.25, 0.3) is 0 Å². The summed E-state index contributed by atoms with van der Waals surface area (Å²) in [5.41, 5.74) is 0. The van der Waals surface area contributed by atoms with Crippen molar-refractivity contribution in [3.05, 3.63) is 12.2 Å². The number of likely N-dealkylation sites (tertiary alicyclic amines) is 1. The van der Waals surface area contributed by atoms with E-state index in [9.17, 15) is 0 Å². The first-order valence-corrected chi connectivity index (χ1v) is 6.41. The molecule has 15 heavy (non-hydrogen) atoms. The van der Waals surface area contributed by atoms with Gasteiger partial charge in [-0.2, -0.15) is 0 Å². The van der Waals surface area contributed by atoms with Crippen molar-refractivity contribution >= 4 is 0 Å². The summed E-state index contributed by atoms with van der Waals surface area (Å²) in [6, 6.07) is 0.695. The molecule has 1 aliphatic heterocycles. The Morgan fingerprint density at radius 2 is 2.20 bits per heavy atom. The van der Waals surface area contributed by atoms with E-state index in [0.717, 1.165) is 12.3 Å². The maximum absolute atomic E-state index is 8.98. The molecule has 1 heterocycles. The number of piperidine rings is 1. The quantitative estimate of drug-likeness (QED) is 0.720. The van der Waals surface area contributed by atoms with E-state index in [0.29, 0.717) is 12.6 Å². The third kappa shape index (κ3) is 3.05. The third-order valence-corrected chi connectivity index (χ3v) is 3.79. The smallest absolute Gasteiger partial charge is 0.0434 e. The number of hydrogen-bond donors (Lipinski definition) is 1. The zero-order valence-electron chi connectivity index (χ0n) is 9.57. The molecule has 2 heteroatoms. The van der Waals surface area contributed by atoms with Gasteiger partial charge in [-0.25, -0.2) is 0 Å². The highest BCUT2D eigenvalue weighted by Gasteiger charge is 2.24. The fourth-order valence-electron chi connectivity index (χ4n) is 2.92. The minimum atomic E-state index is 0.360. The molecule has 86 valence electrons. The maximum atomic E-state index is 8.98. The first-order valence-electron chi connectivity index (χ1n) is 6.41. The van der Waals surface area contributed by atoms with Crippen LogP contribution in [0.5, 0.6) is 0 Å². The van der Waals surface area contributed by atoms with E-state index >= 15 is 0 Å². The molecule has 0 aromatic carbocycles.